The molecule has 0 aromatic carbocycles. The van der Waals surface area contributed by atoms with Gasteiger partial charge in [0.15, 0.2) is 0 Å². The van der Waals surface area contributed by atoms with Crippen LogP contribution in [0.1, 0.15) is 13.3 Å². The summed E-state index contributed by atoms with van der Waals surface area (Å²) in [5.74, 6) is 0. The Bertz CT molecular complexity index is 542. The molecule has 0 saturated heterocycles. The Balaban J connectivity index is 2.69. The fourth-order valence-corrected chi connectivity index (χ4v) is 2.68. The number of sulfonamides is 1. The number of hydrogen-bond donors (Lipinski definition) is 1. The first kappa shape index (κ1) is 17.9. The Kier molecular flexibility index (Phi) is 6.17. The molecule has 122 valence electrons. The van der Waals surface area contributed by atoms with Gasteiger partial charge in [-0.25, -0.2) is 12.7 Å². The van der Waals surface area contributed by atoms with Crippen LogP contribution >= 0.6 is 0 Å². The molecule has 0 radical (unpaired) electrons. The summed E-state index contributed by atoms with van der Waals surface area (Å²) in [7, 11) is -2.82. The summed E-state index contributed by atoms with van der Waals surface area (Å²) in [6, 6.07) is 0. The van der Waals surface area contributed by atoms with Crippen LogP contribution in [0.4, 0.5) is 13.2 Å². The summed E-state index contributed by atoms with van der Waals surface area (Å²) < 4.78 is 62.7. The molecule has 21 heavy (non-hydrogen) atoms. The molecule has 0 fully saturated rings. The summed E-state index contributed by atoms with van der Waals surface area (Å²) in [6.45, 7) is 3.22. The highest BCUT2D eigenvalue weighted by atomic mass is 32.2. The van der Waals surface area contributed by atoms with Crippen molar-refractivity contribution < 1.29 is 21.6 Å². The minimum absolute atomic E-state index is 0.108. The second-order valence-electron chi connectivity index (χ2n) is 4.48. The Labute approximate surface area is 122 Å². The second kappa shape index (κ2) is 7.23. The van der Waals surface area contributed by atoms with Crippen LogP contribution in [0.2, 0.25) is 0 Å². The van der Waals surface area contributed by atoms with Gasteiger partial charge >= 0.3 is 6.18 Å². The van der Waals surface area contributed by atoms with E-state index in [-0.39, 0.29) is 4.90 Å². The average Bonchev–Trinajstić information content (AvgIpc) is 2.84. The molecule has 1 aromatic heterocycles. The maximum atomic E-state index is 12.1. The van der Waals surface area contributed by atoms with Crippen molar-refractivity contribution in [1.29, 1.82) is 0 Å². The zero-order valence-electron chi connectivity index (χ0n) is 11.9. The van der Waals surface area contributed by atoms with Gasteiger partial charge < -0.3 is 5.32 Å². The Morgan fingerprint density at radius 1 is 1.43 bits per heavy atom. The lowest BCUT2D eigenvalue weighted by atomic mass is 10.4. The molecular formula is C11H19F3N4O2S. The third-order valence-electron chi connectivity index (χ3n) is 2.80. The topological polar surface area (TPSA) is 67.2 Å². The van der Waals surface area contributed by atoms with Gasteiger partial charge in [0.1, 0.15) is 4.90 Å². The van der Waals surface area contributed by atoms with Crippen molar-refractivity contribution >= 4 is 10.0 Å². The molecule has 1 heterocycles. The molecule has 1 rings (SSSR count). The van der Waals surface area contributed by atoms with E-state index in [1.165, 1.54) is 10.9 Å². The molecule has 0 aliphatic heterocycles. The van der Waals surface area contributed by atoms with Crippen molar-refractivity contribution in [3.8, 4) is 0 Å². The maximum absolute atomic E-state index is 12.1. The van der Waals surface area contributed by atoms with Crippen LogP contribution in [0, 0.1) is 0 Å². The molecule has 1 N–H and O–H groups in total. The normalized spacial score (nSPS) is 13.0. The molecule has 1 aromatic rings. The molecule has 6 nitrogen and oxygen atoms in total. The van der Waals surface area contributed by atoms with Gasteiger partial charge in [0.25, 0.3) is 0 Å². The summed E-state index contributed by atoms with van der Waals surface area (Å²) in [5, 5.41) is 6.95. The summed E-state index contributed by atoms with van der Waals surface area (Å²) >= 11 is 0. The van der Waals surface area contributed by atoms with Crippen LogP contribution in [0.25, 0.3) is 0 Å². The van der Waals surface area contributed by atoms with E-state index in [1.807, 2.05) is 6.92 Å². The SMILES string of the molecule is CCNCCn1cc(S(=O)(=O)N(C)CCC(F)(F)F)cn1. The highest BCUT2D eigenvalue weighted by Crippen LogP contribution is 2.21. The van der Waals surface area contributed by atoms with Gasteiger partial charge in [-0.15, -0.1) is 0 Å². The van der Waals surface area contributed by atoms with Gasteiger partial charge in [-0.1, -0.05) is 6.92 Å². The summed E-state index contributed by atoms with van der Waals surface area (Å²) in [6.07, 6.45) is -3.11. The smallest absolute Gasteiger partial charge is 0.315 e. The number of alkyl halides is 3. The molecule has 10 heteroatoms. The average molecular weight is 328 g/mol. The van der Waals surface area contributed by atoms with Gasteiger partial charge in [0.05, 0.1) is 19.2 Å². The fraction of sp³-hybridized carbons (Fsp3) is 0.727. The number of rotatable bonds is 8. The van der Waals surface area contributed by atoms with Crippen molar-refractivity contribution in [3.05, 3.63) is 12.4 Å². The Hall–Kier alpha value is -1.13. The van der Waals surface area contributed by atoms with Crippen molar-refractivity contribution in [2.45, 2.75) is 31.0 Å². The van der Waals surface area contributed by atoms with Crippen LogP contribution in [0.15, 0.2) is 17.3 Å². The van der Waals surface area contributed by atoms with E-state index >= 15 is 0 Å². The summed E-state index contributed by atoms with van der Waals surface area (Å²) in [5.41, 5.74) is 0. The van der Waals surface area contributed by atoms with Crippen molar-refractivity contribution in [1.82, 2.24) is 19.4 Å². The van der Waals surface area contributed by atoms with Crippen LogP contribution < -0.4 is 5.32 Å². The molecule has 0 atom stereocenters. The monoisotopic (exact) mass is 328 g/mol. The third kappa shape index (κ3) is 5.64. The predicted molar refractivity (Wildman–Crippen MR) is 71.3 cm³/mol. The van der Waals surface area contributed by atoms with Crippen LogP contribution in [-0.2, 0) is 16.6 Å². The number of nitrogens with one attached hydrogen (secondary N) is 1. The van der Waals surface area contributed by atoms with Gasteiger partial charge in [-0.2, -0.15) is 18.3 Å². The second-order valence-corrected chi connectivity index (χ2v) is 6.53. The highest BCUT2D eigenvalue weighted by Gasteiger charge is 2.30. The molecule has 0 saturated carbocycles. The lowest BCUT2D eigenvalue weighted by molar-refractivity contribution is -0.135. The molecule has 0 unspecified atom stereocenters. The Morgan fingerprint density at radius 2 is 2.10 bits per heavy atom. The van der Waals surface area contributed by atoms with E-state index in [0.29, 0.717) is 17.4 Å². The quantitative estimate of drug-likeness (QED) is 0.725. The Morgan fingerprint density at radius 3 is 2.67 bits per heavy atom. The lowest BCUT2D eigenvalue weighted by Crippen LogP contribution is -2.30. The van der Waals surface area contributed by atoms with Gasteiger partial charge in [-0.05, 0) is 6.54 Å². The highest BCUT2D eigenvalue weighted by molar-refractivity contribution is 7.89. The van der Waals surface area contributed by atoms with E-state index in [0.717, 1.165) is 19.8 Å². The molecule has 0 aliphatic carbocycles. The minimum atomic E-state index is -4.39. The number of hydrogen-bond acceptors (Lipinski definition) is 4. The zero-order chi connectivity index (χ0) is 16.1. The summed E-state index contributed by atoms with van der Waals surface area (Å²) in [4.78, 5) is -0.108. The minimum Gasteiger partial charge on any atom is -0.315 e. The van der Waals surface area contributed by atoms with Crippen LogP contribution in [0.5, 0.6) is 0 Å². The zero-order valence-corrected chi connectivity index (χ0v) is 12.7. The first-order valence-corrected chi connectivity index (χ1v) is 7.87. The molecule has 0 bridgehead atoms. The van der Waals surface area contributed by atoms with Crippen LogP contribution in [-0.4, -0.2) is 55.4 Å². The molecule has 0 spiro atoms. The lowest BCUT2D eigenvalue weighted by Gasteiger charge is -2.16. The maximum Gasteiger partial charge on any atom is 0.390 e. The first-order valence-electron chi connectivity index (χ1n) is 6.43. The number of halogens is 3. The van der Waals surface area contributed by atoms with Crippen molar-refractivity contribution in [2.75, 3.05) is 26.7 Å². The number of aromatic nitrogens is 2. The molecule has 0 aliphatic rings. The largest absolute Gasteiger partial charge is 0.390 e. The fourth-order valence-electron chi connectivity index (χ4n) is 1.55. The van der Waals surface area contributed by atoms with E-state index in [2.05, 4.69) is 10.4 Å². The molecular weight excluding hydrogens is 309 g/mol. The van der Waals surface area contributed by atoms with Crippen molar-refractivity contribution in [2.24, 2.45) is 0 Å². The van der Waals surface area contributed by atoms with E-state index in [1.54, 1.807) is 0 Å². The standard InChI is InChI=1S/C11H19F3N4O2S/c1-3-15-5-7-18-9-10(8-16-18)21(19,20)17(2)6-4-11(12,13)14/h8-9,15H,3-7H2,1-2H3. The van der Waals surface area contributed by atoms with E-state index < -0.39 is 29.2 Å². The molecule has 0 amide bonds. The number of nitrogens with zero attached hydrogens (tertiary/aromatic N) is 3. The van der Waals surface area contributed by atoms with Gasteiger partial charge in [0, 0.05) is 26.3 Å². The van der Waals surface area contributed by atoms with Gasteiger partial charge in [-0.3, -0.25) is 4.68 Å². The van der Waals surface area contributed by atoms with E-state index in [4.69, 9.17) is 0 Å². The van der Waals surface area contributed by atoms with E-state index in [9.17, 15) is 21.6 Å². The predicted octanol–water partition coefficient (Wildman–Crippen LogP) is 1.07. The van der Waals surface area contributed by atoms with Crippen LogP contribution in [0.3, 0.4) is 0 Å². The number of likely N-dealkylation sites (N-methyl/N-ethyl adjacent to an activating group) is 1. The van der Waals surface area contributed by atoms with Gasteiger partial charge in [0.2, 0.25) is 10.0 Å². The third-order valence-corrected chi connectivity index (χ3v) is 4.61. The van der Waals surface area contributed by atoms with Crippen molar-refractivity contribution in [3.63, 3.8) is 0 Å². The first-order chi connectivity index (χ1) is 9.66.